The molecule has 16 heavy (non-hydrogen) atoms. The van der Waals surface area contributed by atoms with Gasteiger partial charge in [-0.2, -0.15) is 0 Å². The largest absolute Gasteiger partial charge is 0.326 e. The van der Waals surface area contributed by atoms with Gasteiger partial charge in [-0.1, -0.05) is 26.7 Å². The highest BCUT2D eigenvalue weighted by molar-refractivity contribution is 7.90. The molecule has 0 aromatic heterocycles. The van der Waals surface area contributed by atoms with E-state index >= 15 is 0 Å². The summed E-state index contributed by atoms with van der Waals surface area (Å²) in [6.45, 7) is 9.51. The average molecular weight is 250 g/mol. The average Bonchev–Trinajstić information content (AvgIpc) is 2.15. The smallest absolute Gasteiger partial charge is 0.216 e. The fourth-order valence-electron chi connectivity index (χ4n) is 1.48. The molecule has 0 aliphatic rings. The maximum Gasteiger partial charge on any atom is 0.216 e. The SMILES string of the molecule is CCC(CC)C(N)CNS(=O)(=O)C(C)(C)C. The van der Waals surface area contributed by atoms with E-state index in [9.17, 15) is 8.42 Å². The second kappa shape index (κ2) is 5.98. The molecule has 0 saturated carbocycles. The molecule has 1 atom stereocenters. The van der Waals surface area contributed by atoms with E-state index in [1.807, 2.05) is 0 Å². The third-order valence-corrected chi connectivity index (χ3v) is 5.13. The van der Waals surface area contributed by atoms with Crippen molar-refractivity contribution in [1.82, 2.24) is 4.72 Å². The second-order valence-electron chi connectivity index (χ2n) is 5.20. The molecule has 98 valence electrons. The molecular weight excluding hydrogens is 224 g/mol. The lowest BCUT2D eigenvalue weighted by molar-refractivity contribution is 0.391. The Labute approximate surface area is 100 Å². The zero-order chi connectivity index (χ0) is 13.0. The standard InChI is InChI=1S/C11H26N2O2S/c1-6-9(7-2)10(12)8-13-16(14,15)11(3,4)5/h9-10,13H,6-8,12H2,1-5H3. The molecule has 0 saturated heterocycles. The van der Waals surface area contributed by atoms with E-state index in [2.05, 4.69) is 18.6 Å². The van der Waals surface area contributed by atoms with Gasteiger partial charge in [-0.3, -0.25) is 0 Å². The van der Waals surface area contributed by atoms with Crippen LogP contribution in [-0.4, -0.2) is 25.8 Å². The van der Waals surface area contributed by atoms with Gasteiger partial charge in [0, 0.05) is 12.6 Å². The van der Waals surface area contributed by atoms with Crippen LogP contribution in [0.5, 0.6) is 0 Å². The zero-order valence-electron chi connectivity index (χ0n) is 11.1. The predicted molar refractivity (Wildman–Crippen MR) is 68.7 cm³/mol. The number of hydrogen-bond acceptors (Lipinski definition) is 3. The first-order valence-electron chi connectivity index (χ1n) is 5.90. The summed E-state index contributed by atoms with van der Waals surface area (Å²) in [5.74, 6) is 0.377. The van der Waals surface area contributed by atoms with Crippen LogP contribution in [0.1, 0.15) is 47.5 Å². The van der Waals surface area contributed by atoms with Crippen molar-refractivity contribution in [3.05, 3.63) is 0 Å². The molecule has 0 fully saturated rings. The van der Waals surface area contributed by atoms with Crippen LogP contribution >= 0.6 is 0 Å². The third kappa shape index (κ3) is 4.39. The van der Waals surface area contributed by atoms with Gasteiger partial charge in [0.05, 0.1) is 4.75 Å². The molecule has 5 heteroatoms. The van der Waals surface area contributed by atoms with Crippen LogP contribution in [0.3, 0.4) is 0 Å². The molecule has 0 rings (SSSR count). The van der Waals surface area contributed by atoms with Crippen molar-refractivity contribution >= 4 is 10.0 Å². The van der Waals surface area contributed by atoms with Crippen LogP contribution in [0.4, 0.5) is 0 Å². The van der Waals surface area contributed by atoms with E-state index in [1.165, 1.54) is 0 Å². The van der Waals surface area contributed by atoms with Crippen molar-refractivity contribution in [2.24, 2.45) is 11.7 Å². The lowest BCUT2D eigenvalue weighted by atomic mass is 9.95. The van der Waals surface area contributed by atoms with Crippen LogP contribution in [-0.2, 0) is 10.0 Å². The minimum Gasteiger partial charge on any atom is -0.326 e. The van der Waals surface area contributed by atoms with E-state index in [0.29, 0.717) is 12.5 Å². The van der Waals surface area contributed by atoms with Crippen LogP contribution in [0.2, 0.25) is 0 Å². The molecule has 0 aromatic carbocycles. The van der Waals surface area contributed by atoms with Crippen LogP contribution in [0.15, 0.2) is 0 Å². The molecule has 0 radical (unpaired) electrons. The van der Waals surface area contributed by atoms with Gasteiger partial charge >= 0.3 is 0 Å². The Morgan fingerprint density at radius 3 is 1.94 bits per heavy atom. The van der Waals surface area contributed by atoms with E-state index in [0.717, 1.165) is 12.8 Å². The summed E-state index contributed by atoms with van der Waals surface area (Å²) in [6.07, 6.45) is 1.96. The number of rotatable bonds is 6. The van der Waals surface area contributed by atoms with Gasteiger partial charge in [0.2, 0.25) is 10.0 Å². The van der Waals surface area contributed by atoms with E-state index < -0.39 is 14.8 Å². The summed E-state index contributed by atoms with van der Waals surface area (Å²) in [5.41, 5.74) is 5.96. The highest BCUT2D eigenvalue weighted by Crippen LogP contribution is 2.15. The maximum atomic E-state index is 11.8. The van der Waals surface area contributed by atoms with Gasteiger partial charge < -0.3 is 5.73 Å². The Bertz CT molecular complexity index is 290. The Morgan fingerprint density at radius 1 is 1.19 bits per heavy atom. The molecule has 0 bridgehead atoms. The highest BCUT2D eigenvalue weighted by Gasteiger charge is 2.29. The monoisotopic (exact) mass is 250 g/mol. The van der Waals surface area contributed by atoms with Gasteiger partial charge in [-0.05, 0) is 26.7 Å². The molecule has 0 aliphatic heterocycles. The fraction of sp³-hybridized carbons (Fsp3) is 1.00. The Balaban J connectivity index is 4.36. The summed E-state index contributed by atoms with van der Waals surface area (Å²) >= 11 is 0. The topological polar surface area (TPSA) is 72.2 Å². The molecular formula is C11H26N2O2S. The van der Waals surface area contributed by atoms with Gasteiger partial charge in [0.25, 0.3) is 0 Å². The number of hydrogen-bond donors (Lipinski definition) is 2. The van der Waals surface area contributed by atoms with Crippen molar-refractivity contribution in [2.45, 2.75) is 58.2 Å². The third-order valence-electron chi connectivity index (χ3n) is 2.97. The summed E-state index contributed by atoms with van der Waals surface area (Å²) in [4.78, 5) is 0. The number of sulfonamides is 1. The first-order valence-corrected chi connectivity index (χ1v) is 7.38. The van der Waals surface area contributed by atoms with E-state index in [1.54, 1.807) is 20.8 Å². The van der Waals surface area contributed by atoms with Crippen molar-refractivity contribution in [3.8, 4) is 0 Å². The molecule has 0 aliphatic carbocycles. The summed E-state index contributed by atoms with van der Waals surface area (Å²) in [6, 6.07) is -0.105. The molecule has 0 heterocycles. The number of nitrogens with one attached hydrogen (secondary N) is 1. The minimum atomic E-state index is -3.27. The summed E-state index contributed by atoms with van der Waals surface area (Å²) in [5, 5.41) is 0. The molecule has 0 spiro atoms. The summed E-state index contributed by atoms with van der Waals surface area (Å²) < 4.78 is 25.4. The molecule has 3 N–H and O–H groups in total. The van der Waals surface area contributed by atoms with Crippen LogP contribution < -0.4 is 10.5 Å². The molecule has 0 aromatic rings. The lowest BCUT2D eigenvalue weighted by Gasteiger charge is -2.25. The van der Waals surface area contributed by atoms with Gasteiger partial charge in [0.15, 0.2) is 0 Å². The first kappa shape index (κ1) is 15.9. The lowest BCUT2D eigenvalue weighted by Crippen LogP contribution is -2.46. The molecule has 1 unspecified atom stereocenters. The van der Waals surface area contributed by atoms with Crippen LogP contribution in [0, 0.1) is 5.92 Å². The highest BCUT2D eigenvalue weighted by atomic mass is 32.2. The molecule has 4 nitrogen and oxygen atoms in total. The second-order valence-corrected chi connectivity index (χ2v) is 7.72. The Hall–Kier alpha value is -0.130. The van der Waals surface area contributed by atoms with Crippen molar-refractivity contribution in [3.63, 3.8) is 0 Å². The quantitative estimate of drug-likeness (QED) is 0.750. The fourth-order valence-corrected chi connectivity index (χ4v) is 2.33. The van der Waals surface area contributed by atoms with Crippen molar-refractivity contribution < 1.29 is 8.42 Å². The first-order chi connectivity index (χ1) is 7.15. The Morgan fingerprint density at radius 2 is 1.62 bits per heavy atom. The van der Waals surface area contributed by atoms with Gasteiger partial charge in [-0.15, -0.1) is 0 Å². The summed E-state index contributed by atoms with van der Waals surface area (Å²) in [7, 11) is -3.27. The van der Waals surface area contributed by atoms with Crippen molar-refractivity contribution in [1.29, 1.82) is 0 Å². The van der Waals surface area contributed by atoms with E-state index in [-0.39, 0.29) is 6.04 Å². The molecule has 0 amide bonds. The zero-order valence-corrected chi connectivity index (χ0v) is 11.9. The van der Waals surface area contributed by atoms with E-state index in [4.69, 9.17) is 5.73 Å². The van der Waals surface area contributed by atoms with Gasteiger partial charge in [-0.25, -0.2) is 13.1 Å². The normalized spacial score (nSPS) is 15.4. The minimum absolute atomic E-state index is 0.105. The predicted octanol–water partition coefficient (Wildman–Crippen LogP) is 1.47. The maximum absolute atomic E-state index is 11.8. The number of nitrogens with two attached hydrogens (primary N) is 1. The van der Waals surface area contributed by atoms with Crippen molar-refractivity contribution in [2.75, 3.05) is 6.54 Å². The van der Waals surface area contributed by atoms with Crippen LogP contribution in [0.25, 0.3) is 0 Å². The van der Waals surface area contributed by atoms with Gasteiger partial charge in [0.1, 0.15) is 0 Å². The Kier molecular flexibility index (Phi) is 5.93.